The molecule has 2 N–H and O–H groups in total. The zero-order valence-corrected chi connectivity index (χ0v) is 11.2. The first kappa shape index (κ1) is 13.8. The minimum atomic E-state index is -0.159. The van der Waals surface area contributed by atoms with E-state index >= 15 is 0 Å². The van der Waals surface area contributed by atoms with Crippen molar-refractivity contribution in [3.63, 3.8) is 0 Å². The van der Waals surface area contributed by atoms with Gasteiger partial charge in [0.2, 0.25) is 0 Å². The average Bonchev–Trinajstić information content (AvgIpc) is 2.48. The first-order valence-electron chi connectivity index (χ1n) is 6.12. The Bertz CT molecular complexity index is 711. The van der Waals surface area contributed by atoms with E-state index in [4.69, 9.17) is 10.5 Å². The lowest BCUT2D eigenvalue weighted by Crippen LogP contribution is -2.22. The summed E-state index contributed by atoms with van der Waals surface area (Å²) in [5, 5.41) is 4.03. The molecule has 1 aromatic carbocycles. The summed E-state index contributed by atoms with van der Waals surface area (Å²) in [5.41, 5.74) is 6.87. The van der Waals surface area contributed by atoms with Gasteiger partial charge < -0.3 is 10.5 Å². The molecule has 0 atom stereocenters. The Hall–Kier alpha value is -2.58. The zero-order chi connectivity index (χ0) is 14.4. The SMILES string of the molecule is COc1ccc(C#CCN)cc1Cn1ncccc1=O. The Kier molecular flexibility index (Phi) is 4.53. The van der Waals surface area contributed by atoms with Crippen LogP contribution in [0, 0.1) is 11.8 Å². The van der Waals surface area contributed by atoms with Crippen molar-refractivity contribution >= 4 is 0 Å². The molecule has 5 heteroatoms. The fourth-order valence-electron chi connectivity index (χ4n) is 1.80. The van der Waals surface area contributed by atoms with Crippen molar-refractivity contribution in [3.05, 3.63) is 58.0 Å². The molecule has 0 saturated carbocycles. The fraction of sp³-hybridized carbons (Fsp3) is 0.200. The van der Waals surface area contributed by atoms with Gasteiger partial charge in [-0.05, 0) is 24.3 Å². The molecule has 0 aliphatic rings. The van der Waals surface area contributed by atoms with Crippen LogP contribution < -0.4 is 16.0 Å². The third-order valence-corrected chi connectivity index (χ3v) is 2.72. The second-order valence-electron chi connectivity index (χ2n) is 4.05. The lowest BCUT2D eigenvalue weighted by molar-refractivity contribution is 0.406. The van der Waals surface area contributed by atoms with Gasteiger partial charge in [-0.15, -0.1) is 0 Å². The molecule has 1 aromatic heterocycles. The van der Waals surface area contributed by atoms with Crippen LogP contribution in [0.2, 0.25) is 0 Å². The number of aromatic nitrogens is 2. The van der Waals surface area contributed by atoms with Gasteiger partial charge in [0, 0.05) is 23.4 Å². The summed E-state index contributed by atoms with van der Waals surface area (Å²) in [6.45, 7) is 0.641. The highest BCUT2D eigenvalue weighted by atomic mass is 16.5. The van der Waals surface area contributed by atoms with Crippen molar-refractivity contribution in [2.75, 3.05) is 13.7 Å². The minimum Gasteiger partial charge on any atom is -0.496 e. The minimum absolute atomic E-state index is 0.159. The van der Waals surface area contributed by atoms with E-state index in [2.05, 4.69) is 16.9 Å². The number of rotatable bonds is 3. The highest BCUT2D eigenvalue weighted by Gasteiger charge is 2.06. The van der Waals surface area contributed by atoms with E-state index in [9.17, 15) is 4.79 Å². The molecule has 0 fully saturated rings. The molecule has 102 valence electrons. The van der Waals surface area contributed by atoms with Crippen LogP contribution in [0.4, 0.5) is 0 Å². The predicted octanol–water partition coefficient (Wildman–Crippen LogP) is 0.610. The van der Waals surface area contributed by atoms with Crippen molar-refractivity contribution < 1.29 is 4.74 Å². The number of benzene rings is 1. The van der Waals surface area contributed by atoms with Crippen LogP contribution in [0.25, 0.3) is 0 Å². The van der Waals surface area contributed by atoms with Crippen molar-refractivity contribution in [2.24, 2.45) is 5.73 Å². The van der Waals surface area contributed by atoms with Gasteiger partial charge in [0.05, 0.1) is 20.2 Å². The van der Waals surface area contributed by atoms with Crippen molar-refractivity contribution in [1.29, 1.82) is 0 Å². The maximum atomic E-state index is 11.7. The first-order chi connectivity index (χ1) is 9.74. The maximum absolute atomic E-state index is 11.7. The van der Waals surface area contributed by atoms with E-state index in [-0.39, 0.29) is 5.56 Å². The topological polar surface area (TPSA) is 70.1 Å². The second-order valence-corrected chi connectivity index (χ2v) is 4.05. The number of methoxy groups -OCH3 is 1. The van der Waals surface area contributed by atoms with Crippen molar-refractivity contribution in [2.45, 2.75) is 6.54 Å². The predicted molar refractivity (Wildman–Crippen MR) is 76.5 cm³/mol. The maximum Gasteiger partial charge on any atom is 0.267 e. The van der Waals surface area contributed by atoms with E-state index in [0.29, 0.717) is 18.8 Å². The number of nitrogens with zero attached hydrogens (tertiary/aromatic N) is 2. The normalized spacial score (nSPS) is 9.70. The van der Waals surface area contributed by atoms with E-state index in [1.165, 1.54) is 10.7 Å². The monoisotopic (exact) mass is 269 g/mol. The molecule has 0 saturated heterocycles. The first-order valence-corrected chi connectivity index (χ1v) is 6.12. The van der Waals surface area contributed by atoms with Crippen LogP contribution in [0.1, 0.15) is 11.1 Å². The molecular formula is C15H15N3O2. The van der Waals surface area contributed by atoms with Crippen LogP contribution >= 0.6 is 0 Å². The average molecular weight is 269 g/mol. The molecule has 0 aliphatic heterocycles. The molecule has 20 heavy (non-hydrogen) atoms. The summed E-state index contributed by atoms with van der Waals surface area (Å²) in [6, 6.07) is 8.63. The molecule has 0 bridgehead atoms. The molecule has 0 amide bonds. The molecule has 5 nitrogen and oxygen atoms in total. The lowest BCUT2D eigenvalue weighted by Gasteiger charge is -2.09. The quantitative estimate of drug-likeness (QED) is 0.829. The largest absolute Gasteiger partial charge is 0.496 e. The van der Waals surface area contributed by atoms with Gasteiger partial charge in [-0.25, -0.2) is 4.68 Å². The third-order valence-electron chi connectivity index (χ3n) is 2.72. The van der Waals surface area contributed by atoms with Crippen LogP contribution in [0.3, 0.4) is 0 Å². The number of hydrogen-bond donors (Lipinski definition) is 1. The van der Waals surface area contributed by atoms with E-state index < -0.39 is 0 Å². The molecule has 0 unspecified atom stereocenters. The zero-order valence-electron chi connectivity index (χ0n) is 11.2. The molecule has 0 spiro atoms. The molecule has 1 heterocycles. The number of nitrogens with two attached hydrogens (primary N) is 1. The van der Waals surface area contributed by atoms with Gasteiger partial charge >= 0.3 is 0 Å². The third kappa shape index (κ3) is 3.25. The molecule has 2 aromatic rings. The Morgan fingerprint density at radius 1 is 1.40 bits per heavy atom. The van der Waals surface area contributed by atoms with Crippen LogP contribution in [0.5, 0.6) is 5.75 Å². The standard InChI is InChI=1S/C15H15N3O2/c1-20-14-7-6-12(4-2-8-16)10-13(14)11-18-15(19)5-3-9-17-18/h3,5-7,9-10H,8,11,16H2,1H3. The number of hydrogen-bond acceptors (Lipinski definition) is 4. The highest BCUT2D eigenvalue weighted by Crippen LogP contribution is 2.20. The molecular weight excluding hydrogens is 254 g/mol. The lowest BCUT2D eigenvalue weighted by atomic mass is 10.1. The summed E-state index contributed by atoms with van der Waals surface area (Å²) in [5.74, 6) is 6.45. The summed E-state index contributed by atoms with van der Waals surface area (Å²) in [4.78, 5) is 11.7. The Labute approximate surface area is 117 Å². The Morgan fingerprint density at radius 2 is 2.25 bits per heavy atom. The van der Waals surface area contributed by atoms with E-state index in [0.717, 1.165) is 11.1 Å². The van der Waals surface area contributed by atoms with Gasteiger partial charge in [-0.3, -0.25) is 4.79 Å². The van der Waals surface area contributed by atoms with E-state index in [1.807, 2.05) is 18.2 Å². The van der Waals surface area contributed by atoms with Crippen molar-refractivity contribution in [3.8, 4) is 17.6 Å². The molecule has 0 aliphatic carbocycles. The molecule has 0 radical (unpaired) electrons. The van der Waals surface area contributed by atoms with Crippen LogP contribution in [-0.2, 0) is 6.54 Å². The fourth-order valence-corrected chi connectivity index (χ4v) is 1.80. The van der Waals surface area contributed by atoms with Crippen LogP contribution in [-0.4, -0.2) is 23.4 Å². The van der Waals surface area contributed by atoms with Gasteiger partial charge in [0.25, 0.3) is 5.56 Å². The Morgan fingerprint density at radius 3 is 2.95 bits per heavy atom. The van der Waals surface area contributed by atoms with Gasteiger partial charge in [0.15, 0.2) is 0 Å². The van der Waals surface area contributed by atoms with Gasteiger partial charge in [0.1, 0.15) is 5.75 Å². The van der Waals surface area contributed by atoms with Gasteiger partial charge in [-0.1, -0.05) is 11.8 Å². The number of ether oxygens (including phenoxy) is 1. The highest BCUT2D eigenvalue weighted by molar-refractivity contribution is 5.44. The summed E-state index contributed by atoms with van der Waals surface area (Å²) >= 11 is 0. The molecule has 2 rings (SSSR count). The summed E-state index contributed by atoms with van der Waals surface area (Å²) < 4.78 is 6.67. The van der Waals surface area contributed by atoms with Crippen LogP contribution in [0.15, 0.2) is 41.3 Å². The van der Waals surface area contributed by atoms with Gasteiger partial charge in [-0.2, -0.15) is 5.10 Å². The van der Waals surface area contributed by atoms with E-state index in [1.54, 1.807) is 19.4 Å². The summed E-state index contributed by atoms with van der Waals surface area (Å²) in [7, 11) is 1.59. The Balaban J connectivity index is 2.38. The smallest absolute Gasteiger partial charge is 0.267 e. The van der Waals surface area contributed by atoms with Crippen molar-refractivity contribution in [1.82, 2.24) is 9.78 Å². The summed E-state index contributed by atoms with van der Waals surface area (Å²) in [6.07, 6.45) is 1.58. The second kappa shape index (κ2) is 6.55.